The lowest BCUT2D eigenvalue weighted by molar-refractivity contribution is 0.143. The number of benzene rings is 1. The molecule has 90 valence electrons. The fraction of sp³-hybridized carbons (Fsp3) is 0.500. The van der Waals surface area contributed by atoms with Crippen molar-refractivity contribution in [2.45, 2.75) is 32.4 Å². The van der Waals surface area contributed by atoms with Gasteiger partial charge in [-0.3, -0.25) is 5.32 Å². The highest BCUT2D eigenvalue weighted by Gasteiger charge is 2.44. The van der Waals surface area contributed by atoms with Gasteiger partial charge in [0.1, 0.15) is 11.3 Å². The van der Waals surface area contributed by atoms with Gasteiger partial charge in [-0.1, -0.05) is 25.1 Å². The van der Waals surface area contributed by atoms with E-state index in [0.717, 1.165) is 11.3 Å². The second-order valence-corrected chi connectivity index (χ2v) is 4.93. The highest BCUT2D eigenvalue weighted by atomic mass is 16.5. The molecule has 1 aliphatic rings. The van der Waals surface area contributed by atoms with Crippen LogP contribution in [0.1, 0.15) is 26.3 Å². The Balaban J connectivity index is 2.53. The lowest BCUT2D eigenvalue weighted by atomic mass is 9.78. The van der Waals surface area contributed by atoms with Crippen molar-refractivity contribution in [1.82, 2.24) is 5.32 Å². The fourth-order valence-corrected chi connectivity index (χ4v) is 2.40. The number of para-hydroxylation sites is 1. The van der Waals surface area contributed by atoms with Crippen molar-refractivity contribution in [3.8, 4) is 11.8 Å². The van der Waals surface area contributed by atoms with Gasteiger partial charge in [0.2, 0.25) is 0 Å². The normalized spacial score (nSPS) is 27.1. The molecular formula is C14H18N2O. The number of hydrogen-bond acceptors (Lipinski definition) is 3. The molecule has 3 heteroatoms. The zero-order valence-corrected chi connectivity index (χ0v) is 10.5. The summed E-state index contributed by atoms with van der Waals surface area (Å²) in [5.74, 6) is 0.949. The van der Waals surface area contributed by atoms with Crippen LogP contribution < -0.4 is 10.1 Å². The zero-order chi connectivity index (χ0) is 12.5. The van der Waals surface area contributed by atoms with E-state index in [1.54, 1.807) is 0 Å². The molecule has 0 radical (unpaired) electrons. The van der Waals surface area contributed by atoms with Crippen molar-refractivity contribution in [3.63, 3.8) is 0 Å². The number of rotatable bonds is 2. The van der Waals surface area contributed by atoms with Crippen molar-refractivity contribution >= 4 is 0 Å². The van der Waals surface area contributed by atoms with E-state index in [9.17, 15) is 5.26 Å². The highest BCUT2D eigenvalue weighted by Crippen LogP contribution is 2.40. The van der Waals surface area contributed by atoms with Gasteiger partial charge in [0.25, 0.3) is 0 Å². The van der Waals surface area contributed by atoms with Gasteiger partial charge in [0, 0.05) is 17.5 Å². The third-order valence-electron chi connectivity index (χ3n) is 3.23. The summed E-state index contributed by atoms with van der Waals surface area (Å²) in [4.78, 5) is 0. The average Bonchev–Trinajstić information content (AvgIpc) is 2.32. The molecular weight excluding hydrogens is 212 g/mol. The molecule has 1 aliphatic heterocycles. The molecule has 0 bridgehead atoms. The van der Waals surface area contributed by atoms with E-state index in [0.29, 0.717) is 6.61 Å². The van der Waals surface area contributed by atoms with Crippen molar-refractivity contribution in [2.75, 3.05) is 6.61 Å². The summed E-state index contributed by atoms with van der Waals surface area (Å²) < 4.78 is 5.68. The topological polar surface area (TPSA) is 45.0 Å². The quantitative estimate of drug-likeness (QED) is 0.848. The number of nitrogens with one attached hydrogen (secondary N) is 1. The maximum atomic E-state index is 9.64. The molecule has 0 saturated carbocycles. The number of hydrogen-bond donors (Lipinski definition) is 1. The monoisotopic (exact) mass is 230 g/mol. The first-order valence-electron chi connectivity index (χ1n) is 6.01. The molecule has 3 nitrogen and oxygen atoms in total. The third-order valence-corrected chi connectivity index (χ3v) is 3.23. The Labute approximate surface area is 102 Å². The number of ether oxygens (including phenoxy) is 1. The van der Waals surface area contributed by atoms with E-state index >= 15 is 0 Å². The molecule has 2 atom stereocenters. The van der Waals surface area contributed by atoms with Crippen LogP contribution in [0.2, 0.25) is 0 Å². The van der Waals surface area contributed by atoms with Crippen molar-refractivity contribution in [2.24, 2.45) is 5.92 Å². The van der Waals surface area contributed by atoms with Crippen LogP contribution in [0.15, 0.2) is 24.3 Å². The summed E-state index contributed by atoms with van der Waals surface area (Å²) in [6, 6.07) is 10.5. The van der Waals surface area contributed by atoms with Gasteiger partial charge in [-0.25, -0.2) is 0 Å². The molecule has 0 aliphatic carbocycles. The summed E-state index contributed by atoms with van der Waals surface area (Å²) in [5, 5.41) is 13.0. The standard InChI is InChI=1S/C14H18N2O/c1-10(2)16-14(9-15)11(3)8-17-13-7-5-4-6-12(13)14/h4-7,10-11,16H,8H2,1-3H3. The third kappa shape index (κ3) is 1.89. The van der Waals surface area contributed by atoms with Crippen LogP contribution in [0, 0.1) is 17.2 Å². The summed E-state index contributed by atoms with van der Waals surface area (Å²) in [7, 11) is 0. The first-order valence-corrected chi connectivity index (χ1v) is 6.01. The Kier molecular flexibility index (Phi) is 3.08. The van der Waals surface area contributed by atoms with Crippen LogP contribution in [-0.2, 0) is 5.54 Å². The molecule has 1 heterocycles. The van der Waals surface area contributed by atoms with Crippen LogP contribution in [0.4, 0.5) is 0 Å². The highest BCUT2D eigenvalue weighted by molar-refractivity contribution is 5.45. The van der Waals surface area contributed by atoms with E-state index in [1.165, 1.54) is 0 Å². The molecule has 17 heavy (non-hydrogen) atoms. The Morgan fingerprint density at radius 2 is 2.18 bits per heavy atom. The fourth-order valence-electron chi connectivity index (χ4n) is 2.40. The van der Waals surface area contributed by atoms with Gasteiger partial charge in [0.05, 0.1) is 12.7 Å². The van der Waals surface area contributed by atoms with Crippen LogP contribution in [0.5, 0.6) is 5.75 Å². The minimum atomic E-state index is -0.636. The first kappa shape index (κ1) is 11.9. The van der Waals surface area contributed by atoms with Gasteiger partial charge in [-0.05, 0) is 19.9 Å². The van der Waals surface area contributed by atoms with E-state index in [-0.39, 0.29) is 12.0 Å². The zero-order valence-electron chi connectivity index (χ0n) is 10.5. The van der Waals surface area contributed by atoms with Gasteiger partial charge >= 0.3 is 0 Å². The molecule has 1 aromatic carbocycles. The Morgan fingerprint density at radius 3 is 2.82 bits per heavy atom. The maximum absolute atomic E-state index is 9.64. The van der Waals surface area contributed by atoms with E-state index in [4.69, 9.17) is 4.74 Å². The van der Waals surface area contributed by atoms with Gasteiger partial charge in [-0.2, -0.15) is 5.26 Å². The molecule has 0 spiro atoms. The molecule has 0 fully saturated rings. The molecule has 0 amide bonds. The SMILES string of the molecule is CC(C)NC1(C#N)c2ccccc2OCC1C. The van der Waals surface area contributed by atoms with Gasteiger partial charge in [0.15, 0.2) is 0 Å². The Hall–Kier alpha value is -1.53. The largest absolute Gasteiger partial charge is 0.493 e. The average molecular weight is 230 g/mol. The van der Waals surface area contributed by atoms with Gasteiger partial charge < -0.3 is 4.74 Å². The van der Waals surface area contributed by atoms with Crippen LogP contribution >= 0.6 is 0 Å². The minimum absolute atomic E-state index is 0.129. The van der Waals surface area contributed by atoms with Crippen molar-refractivity contribution < 1.29 is 4.74 Å². The van der Waals surface area contributed by atoms with Crippen LogP contribution in [-0.4, -0.2) is 12.6 Å². The molecule has 2 unspecified atom stereocenters. The lowest BCUT2D eigenvalue weighted by Crippen LogP contribution is -2.53. The second kappa shape index (κ2) is 4.38. The van der Waals surface area contributed by atoms with E-state index in [1.807, 2.05) is 24.3 Å². The molecule has 1 aromatic rings. The van der Waals surface area contributed by atoms with Crippen molar-refractivity contribution in [1.29, 1.82) is 5.26 Å². The summed E-state index contributed by atoms with van der Waals surface area (Å²) in [5.41, 5.74) is 0.318. The lowest BCUT2D eigenvalue weighted by Gasteiger charge is -2.40. The Morgan fingerprint density at radius 1 is 1.47 bits per heavy atom. The molecule has 0 aromatic heterocycles. The summed E-state index contributed by atoms with van der Waals surface area (Å²) in [6.45, 7) is 6.74. The number of nitrogens with zero attached hydrogens (tertiary/aromatic N) is 1. The summed E-state index contributed by atoms with van der Waals surface area (Å²) >= 11 is 0. The smallest absolute Gasteiger partial charge is 0.141 e. The predicted octanol–water partition coefficient (Wildman–Crippen LogP) is 2.43. The first-order chi connectivity index (χ1) is 8.10. The minimum Gasteiger partial charge on any atom is -0.493 e. The molecule has 0 saturated heterocycles. The number of fused-ring (bicyclic) bond motifs is 1. The predicted molar refractivity (Wildman–Crippen MR) is 66.7 cm³/mol. The molecule has 1 N–H and O–H groups in total. The summed E-state index contributed by atoms with van der Waals surface area (Å²) in [6.07, 6.45) is 0. The van der Waals surface area contributed by atoms with Crippen LogP contribution in [0.25, 0.3) is 0 Å². The Bertz CT molecular complexity index is 450. The van der Waals surface area contributed by atoms with E-state index in [2.05, 4.69) is 32.2 Å². The van der Waals surface area contributed by atoms with Gasteiger partial charge in [-0.15, -0.1) is 0 Å². The van der Waals surface area contributed by atoms with Crippen molar-refractivity contribution in [3.05, 3.63) is 29.8 Å². The van der Waals surface area contributed by atoms with E-state index < -0.39 is 5.54 Å². The number of nitriles is 1. The molecule has 2 rings (SSSR count). The van der Waals surface area contributed by atoms with Crippen LogP contribution in [0.3, 0.4) is 0 Å². The second-order valence-electron chi connectivity index (χ2n) is 4.93. The maximum Gasteiger partial charge on any atom is 0.141 e.